The van der Waals surface area contributed by atoms with Gasteiger partial charge in [-0.2, -0.15) is 0 Å². The number of hydrogen-bond acceptors (Lipinski definition) is 3. The van der Waals surface area contributed by atoms with Crippen molar-refractivity contribution in [1.82, 2.24) is 0 Å². The molecule has 4 nitrogen and oxygen atoms in total. The van der Waals surface area contributed by atoms with Gasteiger partial charge in [0.2, 0.25) is 0 Å². The van der Waals surface area contributed by atoms with Gasteiger partial charge in [0.25, 0.3) is 0 Å². The van der Waals surface area contributed by atoms with Crippen LogP contribution in [0.25, 0.3) is 0 Å². The molecule has 0 aliphatic carbocycles. The fourth-order valence-corrected chi connectivity index (χ4v) is 1.71. The second-order valence-electron chi connectivity index (χ2n) is 5.21. The van der Waals surface area contributed by atoms with Crippen LogP contribution in [-0.4, -0.2) is 38.7 Å². The summed E-state index contributed by atoms with van der Waals surface area (Å²) >= 11 is -0.106. The van der Waals surface area contributed by atoms with Gasteiger partial charge in [-0.15, -0.1) is 0 Å². The Morgan fingerprint density at radius 1 is 0.920 bits per heavy atom. The van der Waals surface area contributed by atoms with Crippen molar-refractivity contribution in [2.45, 2.75) is 71.6 Å². The zero-order valence-corrected chi connectivity index (χ0v) is 19.3. The molecular weight excluding hydrogens is 458 g/mol. The molecule has 25 heavy (non-hydrogen) atoms. The first-order chi connectivity index (χ1) is 11.6. The monoisotopic (exact) mass is 494 g/mol. The summed E-state index contributed by atoms with van der Waals surface area (Å²) in [6, 6.07) is 0. The van der Waals surface area contributed by atoms with E-state index < -0.39 is 0 Å². The molecule has 0 spiro atoms. The number of allylic oxidation sites excluding steroid dienone is 1. The molecule has 0 aromatic heterocycles. The average Bonchev–Trinajstić information content (AvgIpc) is 2.58. The Hall–Kier alpha value is 0.532. The van der Waals surface area contributed by atoms with Crippen molar-refractivity contribution in [1.29, 1.82) is 0 Å². The first-order valence-corrected chi connectivity index (χ1v) is 12.6. The van der Waals surface area contributed by atoms with Gasteiger partial charge in [0.1, 0.15) is 5.78 Å². The number of carbonyl (C=O) groups excluding carboxylic acids is 1. The van der Waals surface area contributed by atoms with Crippen LogP contribution in [0.3, 0.4) is 0 Å². The van der Waals surface area contributed by atoms with Crippen molar-refractivity contribution in [3.05, 3.63) is 12.2 Å². The molecule has 0 fully saturated rings. The Bertz CT molecular complexity index is 255. The van der Waals surface area contributed by atoms with E-state index in [1.54, 1.807) is 14.2 Å². The molecule has 0 bridgehead atoms. The quantitative estimate of drug-likeness (QED) is 0.193. The molecule has 0 aromatic carbocycles. The van der Waals surface area contributed by atoms with Crippen molar-refractivity contribution in [3.63, 3.8) is 0 Å². The average molecular weight is 496 g/mol. The minimum absolute atomic E-state index is 0. The summed E-state index contributed by atoms with van der Waals surface area (Å²) in [6.45, 7) is 5.69. The van der Waals surface area contributed by atoms with Gasteiger partial charge in [0.15, 0.2) is 0 Å². The number of Topliss-reactive ketones (excluding diaryl/α,β-unsaturated/α-hetero) is 1. The molecule has 0 aliphatic rings. The second-order valence-corrected chi connectivity index (χ2v) is 7.57. The number of carbonyl (C=O) groups is 1. The standard InChI is InChI=1S/C9H18O2.C9H18O.2ClH.H2O.Pd/c1-3-4-5-6-9(10)7-8-11-2;1-3-4-5-6-7-8-9-10-2;;;;/h3-8H2,1-2H3;7-8H,3-6,9H2,1-2H3;2*1H;1H2;/q;;;;;+2/p-2/b;8-7+;;;;. The molecule has 0 saturated heterocycles. The number of ketones is 1. The number of ether oxygens (including phenoxy) is 2. The molecule has 0 unspecified atom stereocenters. The second kappa shape index (κ2) is 35.6. The fraction of sp³-hybridized carbons (Fsp3) is 0.833. The summed E-state index contributed by atoms with van der Waals surface area (Å²) < 4.78 is 9.66. The minimum atomic E-state index is -0.106. The third-order valence-electron chi connectivity index (χ3n) is 3.05. The fourth-order valence-electron chi connectivity index (χ4n) is 1.71. The van der Waals surface area contributed by atoms with E-state index in [2.05, 4.69) is 26.0 Å². The van der Waals surface area contributed by atoms with E-state index >= 15 is 0 Å². The van der Waals surface area contributed by atoms with Gasteiger partial charge in [-0.05, 0) is 19.3 Å². The molecule has 0 heterocycles. The van der Waals surface area contributed by atoms with Gasteiger partial charge in [-0.25, -0.2) is 0 Å². The van der Waals surface area contributed by atoms with E-state index in [0.717, 1.165) is 19.4 Å². The Balaban J connectivity index is -0.000000148. The topological polar surface area (TPSA) is 67.0 Å². The summed E-state index contributed by atoms with van der Waals surface area (Å²) in [6.07, 6.45) is 14.1. The zero-order chi connectivity index (χ0) is 18.9. The molecule has 0 aliphatic heterocycles. The third kappa shape index (κ3) is 45.6. The Kier molecular flexibility index (Phi) is 47.2. The normalized spacial score (nSPS) is 9.68. The van der Waals surface area contributed by atoms with Crippen LogP contribution in [0.2, 0.25) is 0 Å². The van der Waals surface area contributed by atoms with Gasteiger partial charge in [0.05, 0.1) is 13.2 Å². The number of rotatable bonds is 13. The van der Waals surface area contributed by atoms with Gasteiger partial charge < -0.3 is 14.9 Å². The molecule has 0 atom stereocenters. The van der Waals surface area contributed by atoms with Crippen molar-refractivity contribution >= 4 is 24.8 Å². The maximum atomic E-state index is 11.0. The molecule has 0 radical (unpaired) electrons. The Labute approximate surface area is 171 Å². The summed E-state index contributed by atoms with van der Waals surface area (Å²) in [5, 5.41) is 0. The van der Waals surface area contributed by atoms with Crippen LogP contribution in [-0.2, 0) is 30.2 Å². The van der Waals surface area contributed by atoms with Crippen LogP contribution in [0.5, 0.6) is 0 Å². The van der Waals surface area contributed by atoms with Crippen molar-refractivity contribution in [2.24, 2.45) is 0 Å². The van der Waals surface area contributed by atoms with E-state index in [4.69, 9.17) is 28.5 Å². The Morgan fingerprint density at radius 2 is 1.48 bits per heavy atom. The number of halogens is 2. The summed E-state index contributed by atoms with van der Waals surface area (Å²) in [4.78, 5) is 11.0. The third-order valence-corrected chi connectivity index (χ3v) is 3.05. The van der Waals surface area contributed by atoms with E-state index in [1.807, 2.05) is 0 Å². The van der Waals surface area contributed by atoms with E-state index in [9.17, 15) is 4.79 Å². The molecular formula is C18H38Cl2O4Pd. The van der Waals surface area contributed by atoms with Crippen LogP contribution in [0.1, 0.15) is 71.6 Å². The summed E-state index contributed by atoms with van der Waals surface area (Å²) in [5.74, 6) is 0.334. The number of methoxy groups -OCH3 is 2. The summed E-state index contributed by atoms with van der Waals surface area (Å²) in [7, 11) is 13.0. The van der Waals surface area contributed by atoms with Gasteiger partial charge >= 0.3 is 35.0 Å². The number of hydrogen-bond donors (Lipinski definition) is 0. The summed E-state index contributed by atoms with van der Waals surface area (Å²) in [5.41, 5.74) is 0. The predicted octanol–water partition coefficient (Wildman–Crippen LogP) is 5.49. The van der Waals surface area contributed by atoms with Crippen molar-refractivity contribution < 1.29 is 35.7 Å². The van der Waals surface area contributed by atoms with Gasteiger partial charge in [0, 0.05) is 27.1 Å². The van der Waals surface area contributed by atoms with E-state index in [-0.39, 0.29) is 21.4 Å². The van der Waals surface area contributed by atoms with E-state index in [1.165, 1.54) is 38.5 Å². The van der Waals surface area contributed by atoms with Crippen LogP contribution in [0, 0.1) is 0 Å². The molecule has 2 N–H and O–H groups in total. The maximum absolute atomic E-state index is 11.0. The molecule has 0 amide bonds. The first kappa shape index (κ1) is 33.1. The van der Waals surface area contributed by atoms with Crippen LogP contribution >= 0.6 is 19.1 Å². The zero-order valence-electron chi connectivity index (χ0n) is 16.2. The molecule has 158 valence electrons. The molecule has 7 heteroatoms. The van der Waals surface area contributed by atoms with Crippen molar-refractivity contribution in [2.75, 3.05) is 27.4 Å². The van der Waals surface area contributed by atoms with E-state index in [0.29, 0.717) is 18.8 Å². The van der Waals surface area contributed by atoms with Crippen LogP contribution in [0.15, 0.2) is 12.2 Å². The van der Waals surface area contributed by atoms with Gasteiger partial charge in [-0.1, -0.05) is 51.7 Å². The SMILES string of the molecule is CCCCC/C=C/COC.CCCCCC(=O)CCOC.O.[Cl][Pd][Cl]. The predicted molar refractivity (Wildman–Crippen MR) is 106 cm³/mol. The molecule has 0 aromatic rings. The van der Waals surface area contributed by atoms with Crippen molar-refractivity contribution in [3.8, 4) is 0 Å². The molecule has 0 rings (SSSR count). The van der Waals surface area contributed by atoms with Crippen LogP contribution < -0.4 is 0 Å². The number of unbranched alkanes of at least 4 members (excludes halogenated alkanes) is 5. The first-order valence-electron chi connectivity index (χ1n) is 8.61. The Morgan fingerprint density at radius 3 is 1.96 bits per heavy atom. The van der Waals surface area contributed by atoms with Crippen LogP contribution in [0.4, 0.5) is 0 Å². The van der Waals surface area contributed by atoms with Gasteiger partial charge in [-0.3, -0.25) is 4.79 Å². The molecule has 0 saturated carbocycles.